The molecule has 2 fully saturated rings. The van der Waals surface area contributed by atoms with E-state index < -0.39 is 17.8 Å². The average Bonchev–Trinajstić information content (AvgIpc) is 3.74. The van der Waals surface area contributed by atoms with Crippen molar-refractivity contribution in [2.24, 2.45) is 0 Å². The number of fused-ring (bicyclic) bond motifs is 2. The Balaban J connectivity index is 1.11. The molecular formula is C32H31FN8O3. The molecule has 224 valence electrons. The molecule has 7 rings (SSSR count). The Kier molecular flexibility index (Phi) is 7.17. The Bertz CT molecular complexity index is 1860. The summed E-state index contributed by atoms with van der Waals surface area (Å²) in [5, 5.41) is 26.4. The Hall–Kier alpha value is -5.26. The van der Waals surface area contributed by atoms with E-state index in [0.29, 0.717) is 36.0 Å². The topological polar surface area (TPSA) is 137 Å². The molecule has 2 aromatic carbocycles. The lowest BCUT2D eigenvalue weighted by Crippen LogP contribution is -2.43. The second-order valence-corrected chi connectivity index (χ2v) is 11.4. The van der Waals surface area contributed by atoms with Gasteiger partial charge >= 0.3 is 6.09 Å². The van der Waals surface area contributed by atoms with Crippen LogP contribution in [0.3, 0.4) is 0 Å². The van der Waals surface area contributed by atoms with Gasteiger partial charge in [-0.3, -0.25) is 14.7 Å². The number of pyridine rings is 1. The fourth-order valence-corrected chi connectivity index (χ4v) is 5.97. The summed E-state index contributed by atoms with van der Waals surface area (Å²) in [6, 6.07) is 17.1. The molecule has 0 unspecified atom stereocenters. The van der Waals surface area contributed by atoms with Gasteiger partial charge in [0.05, 0.1) is 29.5 Å². The molecule has 0 bridgehead atoms. The number of carbonyl (C=O) groups excluding carboxylic acids is 1. The maximum atomic E-state index is 14.2. The summed E-state index contributed by atoms with van der Waals surface area (Å²) in [7, 11) is 0. The summed E-state index contributed by atoms with van der Waals surface area (Å²) in [5.74, 6) is -0.624. The Morgan fingerprint density at radius 1 is 0.909 bits per heavy atom. The van der Waals surface area contributed by atoms with Gasteiger partial charge in [0.15, 0.2) is 17.2 Å². The fraction of sp³-hybridized carbons (Fsp3) is 0.281. The van der Waals surface area contributed by atoms with Gasteiger partial charge in [-0.15, -0.1) is 5.10 Å². The fourth-order valence-electron chi connectivity index (χ4n) is 5.97. The molecule has 0 radical (unpaired) electrons. The third-order valence-electron chi connectivity index (χ3n) is 8.30. The number of hydrogen-bond acceptors (Lipinski definition) is 7. The van der Waals surface area contributed by atoms with Crippen molar-refractivity contribution in [3.8, 4) is 0 Å². The number of aromatic nitrogens is 4. The van der Waals surface area contributed by atoms with Crippen LogP contribution in [0.4, 0.5) is 32.1 Å². The highest BCUT2D eigenvalue weighted by molar-refractivity contribution is 6.04. The second kappa shape index (κ2) is 11.4. The summed E-state index contributed by atoms with van der Waals surface area (Å²) >= 11 is 0. The number of carbonyl (C=O) groups is 2. The molecule has 2 amide bonds. The molecule has 2 aliphatic rings. The molecule has 12 heteroatoms. The highest BCUT2D eigenvalue weighted by atomic mass is 19.1. The summed E-state index contributed by atoms with van der Waals surface area (Å²) in [6.07, 6.45) is 7.84. The molecule has 0 saturated heterocycles. The largest absolute Gasteiger partial charge is 0.465 e. The van der Waals surface area contributed by atoms with Gasteiger partial charge < -0.3 is 21.1 Å². The normalized spacial score (nSPS) is 18.2. The predicted molar refractivity (Wildman–Crippen MR) is 166 cm³/mol. The van der Waals surface area contributed by atoms with E-state index in [1.165, 1.54) is 27.9 Å². The van der Waals surface area contributed by atoms with Gasteiger partial charge in [-0.2, -0.15) is 0 Å². The monoisotopic (exact) mass is 594 g/mol. The first-order chi connectivity index (χ1) is 21.4. The van der Waals surface area contributed by atoms with Crippen molar-refractivity contribution in [1.82, 2.24) is 19.6 Å². The van der Waals surface area contributed by atoms with Gasteiger partial charge in [0.25, 0.3) is 5.91 Å². The lowest BCUT2D eigenvalue weighted by atomic mass is 9.89. The number of nitrogens with one attached hydrogen (secondary N) is 3. The number of hydrogen-bond donors (Lipinski definition) is 4. The van der Waals surface area contributed by atoms with Crippen LogP contribution in [-0.2, 0) is 0 Å². The first-order valence-corrected chi connectivity index (χ1v) is 14.8. The number of benzene rings is 2. The summed E-state index contributed by atoms with van der Waals surface area (Å²) < 4.78 is 15.6. The summed E-state index contributed by atoms with van der Waals surface area (Å²) in [6.45, 7) is 0. The van der Waals surface area contributed by atoms with Crippen LogP contribution in [0.15, 0.2) is 73.2 Å². The smallest absolute Gasteiger partial charge is 0.412 e. The lowest BCUT2D eigenvalue weighted by Gasteiger charge is -2.36. The standard InChI is InChI=1S/C32H31FN8O3/c33-24-17-34-15-14-25(24)38-31(42)28-18-35-30-26(36-20-8-9-20)16-29(39-41(28)30)37-21-10-12-22(13-11-21)40(32(43)44)27-7-3-5-19-4-1-2-6-23(19)27/h1-7,14-18,20-22,36H,8-13H2,(H,37,39)(H,43,44)(H,34,38,42)/t21-,22-. The number of amides is 2. The van der Waals surface area contributed by atoms with E-state index in [9.17, 15) is 19.1 Å². The van der Waals surface area contributed by atoms with Gasteiger partial charge in [-0.05, 0) is 56.0 Å². The van der Waals surface area contributed by atoms with Crippen molar-refractivity contribution < 1.29 is 19.1 Å². The van der Waals surface area contributed by atoms with E-state index >= 15 is 0 Å². The maximum Gasteiger partial charge on any atom is 0.412 e. The molecule has 0 spiro atoms. The minimum absolute atomic E-state index is 0.0150. The molecule has 11 nitrogen and oxygen atoms in total. The number of rotatable bonds is 8. The average molecular weight is 595 g/mol. The quantitative estimate of drug-likeness (QED) is 0.168. The van der Waals surface area contributed by atoms with Gasteiger partial charge in [0, 0.05) is 35.8 Å². The van der Waals surface area contributed by atoms with Crippen molar-refractivity contribution in [3.05, 3.63) is 84.7 Å². The van der Waals surface area contributed by atoms with Crippen LogP contribution in [0.2, 0.25) is 0 Å². The molecule has 3 aromatic heterocycles. The van der Waals surface area contributed by atoms with E-state index in [1.807, 2.05) is 48.5 Å². The van der Waals surface area contributed by atoms with E-state index in [-0.39, 0.29) is 23.5 Å². The van der Waals surface area contributed by atoms with Crippen LogP contribution in [0, 0.1) is 5.82 Å². The number of imidazole rings is 1. The Morgan fingerprint density at radius 2 is 1.66 bits per heavy atom. The van der Waals surface area contributed by atoms with Crippen molar-refractivity contribution >= 4 is 51.3 Å². The van der Waals surface area contributed by atoms with Crippen LogP contribution < -0.4 is 20.9 Å². The molecule has 0 atom stereocenters. The van der Waals surface area contributed by atoms with Crippen LogP contribution in [0.1, 0.15) is 49.0 Å². The molecule has 3 heterocycles. The molecular weight excluding hydrogens is 563 g/mol. The van der Waals surface area contributed by atoms with Gasteiger partial charge in [0.2, 0.25) is 0 Å². The SMILES string of the molecule is O=C(Nc1ccncc1F)c1cnc2c(NC3CC3)cc(N[C@H]3CC[C@H](N(C(=O)O)c4cccc5ccccc45)CC3)nn12. The number of carboxylic acid groups (broad SMARTS) is 1. The molecule has 2 saturated carbocycles. The number of anilines is 4. The zero-order valence-electron chi connectivity index (χ0n) is 23.8. The third kappa shape index (κ3) is 5.46. The van der Waals surface area contributed by atoms with Gasteiger partial charge in [-0.1, -0.05) is 36.4 Å². The van der Waals surface area contributed by atoms with Crippen LogP contribution >= 0.6 is 0 Å². The molecule has 44 heavy (non-hydrogen) atoms. The van der Waals surface area contributed by atoms with Crippen molar-refractivity contribution in [3.63, 3.8) is 0 Å². The Labute approximate surface area is 252 Å². The molecule has 2 aliphatic carbocycles. The van der Waals surface area contributed by atoms with Crippen LogP contribution in [0.5, 0.6) is 0 Å². The van der Waals surface area contributed by atoms with Crippen LogP contribution in [0.25, 0.3) is 16.4 Å². The zero-order chi connectivity index (χ0) is 30.2. The lowest BCUT2D eigenvalue weighted by molar-refractivity contribution is 0.102. The third-order valence-corrected chi connectivity index (χ3v) is 8.30. The highest BCUT2D eigenvalue weighted by Crippen LogP contribution is 2.34. The summed E-state index contributed by atoms with van der Waals surface area (Å²) in [4.78, 5) is 35.3. The molecule has 5 aromatic rings. The van der Waals surface area contributed by atoms with E-state index in [0.717, 1.165) is 48.3 Å². The van der Waals surface area contributed by atoms with E-state index in [2.05, 4.69) is 25.9 Å². The van der Waals surface area contributed by atoms with Crippen molar-refractivity contribution in [1.29, 1.82) is 0 Å². The van der Waals surface area contributed by atoms with Gasteiger partial charge in [0.1, 0.15) is 5.82 Å². The first kappa shape index (κ1) is 27.6. The van der Waals surface area contributed by atoms with Gasteiger partial charge in [-0.25, -0.2) is 18.7 Å². The first-order valence-electron chi connectivity index (χ1n) is 14.8. The second-order valence-electron chi connectivity index (χ2n) is 11.4. The van der Waals surface area contributed by atoms with Crippen LogP contribution in [-0.4, -0.2) is 54.8 Å². The Morgan fingerprint density at radius 3 is 2.43 bits per heavy atom. The number of nitrogens with zero attached hydrogens (tertiary/aromatic N) is 5. The number of halogens is 1. The van der Waals surface area contributed by atoms with Crippen molar-refractivity contribution in [2.75, 3.05) is 20.9 Å². The highest BCUT2D eigenvalue weighted by Gasteiger charge is 2.31. The minimum Gasteiger partial charge on any atom is -0.465 e. The van der Waals surface area contributed by atoms with E-state index in [1.54, 1.807) is 0 Å². The molecule has 0 aliphatic heterocycles. The predicted octanol–water partition coefficient (Wildman–Crippen LogP) is 6.15. The maximum absolute atomic E-state index is 14.2. The zero-order valence-corrected chi connectivity index (χ0v) is 23.8. The minimum atomic E-state index is -0.960. The van der Waals surface area contributed by atoms with Crippen molar-refractivity contribution in [2.45, 2.75) is 56.7 Å². The summed E-state index contributed by atoms with van der Waals surface area (Å²) in [5.41, 5.74) is 2.13. The molecule has 4 N–H and O–H groups in total. The van der Waals surface area contributed by atoms with E-state index in [4.69, 9.17) is 5.10 Å².